The van der Waals surface area contributed by atoms with E-state index in [-0.39, 0.29) is 5.56 Å². The zero-order valence-electron chi connectivity index (χ0n) is 11.7. The monoisotopic (exact) mass is 267 g/mol. The van der Waals surface area contributed by atoms with E-state index in [9.17, 15) is 4.79 Å². The summed E-state index contributed by atoms with van der Waals surface area (Å²) in [7, 11) is 0. The van der Waals surface area contributed by atoms with E-state index >= 15 is 0 Å². The molecule has 1 N–H and O–H groups in total. The van der Waals surface area contributed by atoms with Crippen LogP contribution in [0.25, 0.3) is 22.4 Å². The Bertz CT molecular complexity index is 800. The Labute approximate surface area is 117 Å². The molecule has 4 nitrogen and oxygen atoms in total. The first-order chi connectivity index (χ1) is 9.70. The van der Waals surface area contributed by atoms with E-state index in [1.165, 1.54) is 0 Å². The molecule has 0 aliphatic rings. The minimum absolute atomic E-state index is 0.0683. The second-order valence-corrected chi connectivity index (χ2v) is 4.98. The molecule has 20 heavy (non-hydrogen) atoms. The van der Waals surface area contributed by atoms with Gasteiger partial charge >= 0.3 is 0 Å². The Balaban J connectivity index is 2.27. The summed E-state index contributed by atoms with van der Waals surface area (Å²) >= 11 is 0. The summed E-state index contributed by atoms with van der Waals surface area (Å²) in [6.45, 7) is 4.94. The molecule has 4 heteroatoms. The third-order valence-electron chi connectivity index (χ3n) is 3.43. The molecule has 2 aromatic heterocycles. The van der Waals surface area contributed by atoms with E-state index < -0.39 is 0 Å². The van der Waals surface area contributed by atoms with E-state index in [2.05, 4.69) is 21.5 Å². The summed E-state index contributed by atoms with van der Waals surface area (Å²) < 4.78 is 2.06. The summed E-state index contributed by atoms with van der Waals surface area (Å²) in [5.74, 6) is 0.624. The molecular formula is C16H17N3O. The number of hydrogen-bond donors (Lipinski definition) is 1. The lowest BCUT2D eigenvalue weighted by Crippen LogP contribution is -2.10. The van der Waals surface area contributed by atoms with Crippen molar-refractivity contribution in [2.45, 2.75) is 26.8 Å². The van der Waals surface area contributed by atoms with Gasteiger partial charge in [-0.2, -0.15) is 0 Å². The summed E-state index contributed by atoms with van der Waals surface area (Å²) in [5.41, 5.74) is 2.60. The molecule has 0 saturated heterocycles. The van der Waals surface area contributed by atoms with Crippen molar-refractivity contribution in [1.29, 1.82) is 0 Å². The molecule has 0 atom stereocenters. The van der Waals surface area contributed by atoms with Crippen molar-refractivity contribution in [3.05, 3.63) is 52.4 Å². The highest BCUT2D eigenvalue weighted by Gasteiger charge is 2.12. The number of H-pyrrole nitrogens is 1. The largest absolute Gasteiger partial charge is 0.332 e. The van der Waals surface area contributed by atoms with Crippen LogP contribution >= 0.6 is 0 Å². The maximum atomic E-state index is 12.3. The van der Waals surface area contributed by atoms with Crippen LogP contribution < -0.4 is 5.56 Å². The zero-order chi connectivity index (χ0) is 14.1. The SMILES string of the molecule is CCCn1cc(C)c2c(=O)[nH]c(-c3ccccc3)nc21. The van der Waals surface area contributed by atoms with Crippen molar-refractivity contribution in [2.75, 3.05) is 0 Å². The van der Waals surface area contributed by atoms with Crippen LogP contribution in [-0.2, 0) is 6.54 Å². The topological polar surface area (TPSA) is 50.7 Å². The zero-order valence-corrected chi connectivity index (χ0v) is 11.7. The fraction of sp³-hybridized carbons (Fsp3) is 0.250. The molecule has 0 radical (unpaired) electrons. The van der Waals surface area contributed by atoms with Gasteiger partial charge in [0.05, 0.1) is 5.39 Å². The fourth-order valence-corrected chi connectivity index (χ4v) is 2.53. The number of rotatable bonds is 3. The van der Waals surface area contributed by atoms with Gasteiger partial charge in [0.25, 0.3) is 5.56 Å². The maximum absolute atomic E-state index is 12.3. The van der Waals surface area contributed by atoms with Crippen LogP contribution in [0.4, 0.5) is 0 Å². The van der Waals surface area contributed by atoms with E-state index in [0.29, 0.717) is 11.2 Å². The Morgan fingerprint density at radius 2 is 2.00 bits per heavy atom. The number of nitrogens with one attached hydrogen (secondary N) is 1. The predicted octanol–water partition coefficient (Wildman–Crippen LogP) is 3.11. The number of aromatic nitrogens is 3. The highest BCUT2D eigenvalue weighted by molar-refractivity contribution is 5.81. The Hall–Kier alpha value is -2.36. The number of fused-ring (bicyclic) bond motifs is 1. The number of aryl methyl sites for hydroxylation is 2. The Morgan fingerprint density at radius 3 is 2.70 bits per heavy atom. The van der Waals surface area contributed by atoms with E-state index in [1.54, 1.807) is 0 Å². The first-order valence-electron chi connectivity index (χ1n) is 6.86. The van der Waals surface area contributed by atoms with E-state index in [1.807, 2.05) is 43.5 Å². The van der Waals surface area contributed by atoms with Gasteiger partial charge in [0.15, 0.2) is 0 Å². The van der Waals surface area contributed by atoms with Crippen LogP contribution in [0.3, 0.4) is 0 Å². The van der Waals surface area contributed by atoms with Crippen molar-refractivity contribution in [2.24, 2.45) is 0 Å². The Kier molecular flexibility index (Phi) is 3.14. The molecule has 0 aliphatic carbocycles. The smallest absolute Gasteiger partial charge is 0.260 e. The molecule has 0 aliphatic heterocycles. The molecule has 3 aromatic rings. The van der Waals surface area contributed by atoms with Crippen LogP contribution in [0.1, 0.15) is 18.9 Å². The van der Waals surface area contributed by atoms with Gasteiger partial charge in [-0.1, -0.05) is 37.3 Å². The number of benzene rings is 1. The molecule has 2 heterocycles. The molecule has 0 fully saturated rings. The average Bonchev–Trinajstić information content (AvgIpc) is 2.77. The lowest BCUT2D eigenvalue weighted by Gasteiger charge is -2.04. The Morgan fingerprint density at radius 1 is 1.25 bits per heavy atom. The number of aromatic amines is 1. The van der Waals surface area contributed by atoms with Crippen LogP contribution in [0.5, 0.6) is 0 Å². The molecule has 0 saturated carbocycles. The van der Waals surface area contributed by atoms with Gasteiger partial charge in [0.2, 0.25) is 0 Å². The van der Waals surface area contributed by atoms with Crippen molar-refractivity contribution < 1.29 is 0 Å². The molecule has 0 bridgehead atoms. The van der Waals surface area contributed by atoms with E-state index in [4.69, 9.17) is 0 Å². The lowest BCUT2D eigenvalue weighted by molar-refractivity contribution is 0.696. The highest BCUT2D eigenvalue weighted by atomic mass is 16.1. The van der Waals surface area contributed by atoms with Crippen LogP contribution in [0.15, 0.2) is 41.3 Å². The quantitative estimate of drug-likeness (QED) is 0.792. The van der Waals surface area contributed by atoms with Gasteiger partial charge in [-0.25, -0.2) is 4.98 Å². The second kappa shape index (κ2) is 4.96. The summed E-state index contributed by atoms with van der Waals surface area (Å²) in [6, 6.07) is 9.73. The third-order valence-corrected chi connectivity index (χ3v) is 3.43. The standard InChI is InChI=1S/C16H17N3O/c1-3-9-19-10-11(2)13-15(19)17-14(18-16(13)20)12-7-5-4-6-8-12/h4-8,10H,3,9H2,1-2H3,(H,17,18,20). The predicted molar refractivity (Wildman–Crippen MR) is 80.8 cm³/mol. The van der Waals surface area contributed by atoms with Gasteiger partial charge in [0.1, 0.15) is 11.5 Å². The van der Waals surface area contributed by atoms with Gasteiger partial charge in [-0.05, 0) is 18.9 Å². The van der Waals surface area contributed by atoms with Crippen LogP contribution in [0, 0.1) is 6.92 Å². The van der Waals surface area contributed by atoms with Gasteiger partial charge in [-0.3, -0.25) is 4.79 Å². The van der Waals surface area contributed by atoms with Gasteiger partial charge in [-0.15, -0.1) is 0 Å². The van der Waals surface area contributed by atoms with Gasteiger partial charge < -0.3 is 9.55 Å². The van der Waals surface area contributed by atoms with Crippen molar-refractivity contribution in [3.8, 4) is 11.4 Å². The first-order valence-corrected chi connectivity index (χ1v) is 6.86. The van der Waals surface area contributed by atoms with Crippen molar-refractivity contribution >= 4 is 11.0 Å². The first kappa shape index (κ1) is 12.7. The number of hydrogen-bond acceptors (Lipinski definition) is 2. The number of nitrogens with zero attached hydrogens (tertiary/aromatic N) is 2. The minimum Gasteiger partial charge on any atom is -0.332 e. The molecule has 102 valence electrons. The fourth-order valence-electron chi connectivity index (χ4n) is 2.53. The lowest BCUT2D eigenvalue weighted by atomic mass is 10.2. The average molecular weight is 267 g/mol. The second-order valence-electron chi connectivity index (χ2n) is 4.98. The van der Waals surface area contributed by atoms with Crippen LogP contribution in [-0.4, -0.2) is 14.5 Å². The van der Waals surface area contributed by atoms with Gasteiger partial charge in [0, 0.05) is 18.3 Å². The third kappa shape index (κ3) is 2.03. The molecule has 0 unspecified atom stereocenters. The molecule has 1 aromatic carbocycles. The van der Waals surface area contributed by atoms with Crippen molar-refractivity contribution in [3.63, 3.8) is 0 Å². The van der Waals surface area contributed by atoms with Crippen LogP contribution in [0.2, 0.25) is 0 Å². The minimum atomic E-state index is -0.0683. The normalized spacial score (nSPS) is 11.1. The summed E-state index contributed by atoms with van der Waals surface area (Å²) in [5, 5.41) is 0.693. The molecule has 0 amide bonds. The molecule has 0 spiro atoms. The summed E-state index contributed by atoms with van der Waals surface area (Å²) in [6.07, 6.45) is 3.02. The molecular weight excluding hydrogens is 250 g/mol. The van der Waals surface area contributed by atoms with E-state index in [0.717, 1.165) is 29.7 Å². The molecule has 3 rings (SSSR count). The van der Waals surface area contributed by atoms with Crippen molar-refractivity contribution in [1.82, 2.24) is 14.5 Å². The summed E-state index contributed by atoms with van der Waals surface area (Å²) in [4.78, 5) is 19.8. The highest BCUT2D eigenvalue weighted by Crippen LogP contribution is 2.19. The maximum Gasteiger partial charge on any atom is 0.260 e.